The van der Waals surface area contributed by atoms with Crippen molar-refractivity contribution in [1.82, 2.24) is 0 Å². The van der Waals surface area contributed by atoms with Crippen molar-refractivity contribution in [3.05, 3.63) is 0 Å². The number of thioether (sulfide) groups is 1. The lowest BCUT2D eigenvalue weighted by Gasteiger charge is -2.29. The van der Waals surface area contributed by atoms with Crippen LogP contribution in [0.25, 0.3) is 0 Å². The van der Waals surface area contributed by atoms with E-state index < -0.39 is 6.10 Å². The maximum Gasteiger partial charge on any atom is 0.335 e. The van der Waals surface area contributed by atoms with E-state index in [2.05, 4.69) is 6.92 Å². The number of unbranched alkanes of at least 4 members (excludes halogenated alkanes) is 3. The minimum atomic E-state index is -0.492. The van der Waals surface area contributed by atoms with Crippen LogP contribution in [0.2, 0.25) is 0 Å². The minimum absolute atomic E-state index is 0.163. The standard InChI is InChI=1S/C18H32O4S2/c1-4-6-7-8-10-14-11-9-12-15(24-18(23)21-5-2)13-16(22-14)17(19)20-3/h14-16H,4-13H2,1-3H3/t14-,15?,16-/m0/s1. The van der Waals surface area contributed by atoms with Crippen LogP contribution in [0, 0.1) is 0 Å². The summed E-state index contributed by atoms with van der Waals surface area (Å²) in [5, 5.41) is 0.245. The van der Waals surface area contributed by atoms with Gasteiger partial charge in [0.15, 0.2) is 6.10 Å². The number of esters is 1. The molecule has 1 aliphatic heterocycles. The molecule has 0 aromatic rings. The van der Waals surface area contributed by atoms with E-state index in [0.717, 1.165) is 25.7 Å². The summed E-state index contributed by atoms with van der Waals surface area (Å²) in [5.74, 6) is -0.275. The second-order valence-electron chi connectivity index (χ2n) is 6.21. The molecule has 0 saturated carbocycles. The monoisotopic (exact) mass is 376 g/mol. The Balaban J connectivity index is 2.57. The molecular weight excluding hydrogens is 344 g/mol. The highest BCUT2D eigenvalue weighted by Crippen LogP contribution is 2.30. The lowest BCUT2D eigenvalue weighted by molar-refractivity contribution is -0.160. The van der Waals surface area contributed by atoms with Crippen molar-refractivity contribution >= 4 is 34.3 Å². The third-order valence-corrected chi connectivity index (χ3v) is 5.73. The Morgan fingerprint density at radius 2 is 2.04 bits per heavy atom. The number of methoxy groups -OCH3 is 1. The molecule has 1 unspecified atom stereocenters. The molecule has 6 heteroatoms. The van der Waals surface area contributed by atoms with Crippen LogP contribution in [-0.2, 0) is 19.0 Å². The van der Waals surface area contributed by atoms with Crippen molar-refractivity contribution < 1.29 is 19.0 Å². The van der Waals surface area contributed by atoms with Gasteiger partial charge in [0.1, 0.15) is 0 Å². The molecule has 4 nitrogen and oxygen atoms in total. The fourth-order valence-corrected chi connectivity index (χ4v) is 4.51. The summed E-state index contributed by atoms with van der Waals surface area (Å²) in [5.41, 5.74) is 0. The van der Waals surface area contributed by atoms with Crippen molar-refractivity contribution in [2.45, 2.75) is 89.1 Å². The number of ether oxygens (including phenoxy) is 3. The van der Waals surface area contributed by atoms with Gasteiger partial charge >= 0.3 is 5.97 Å². The maximum absolute atomic E-state index is 12.1. The van der Waals surface area contributed by atoms with Crippen molar-refractivity contribution in [2.24, 2.45) is 0 Å². The van der Waals surface area contributed by atoms with Crippen LogP contribution in [0.1, 0.15) is 71.6 Å². The van der Waals surface area contributed by atoms with Gasteiger partial charge in [0.05, 0.1) is 19.8 Å². The number of carbonyl (C=O) groups is 1. The van der Waals surface area contributed by atoms with Crippen molar-refractivity contribution in [3.63, 3.8) is 0 Å². The third-order valence-electron chi connectivity index (χ3n) is 4.25. The van der Waals surface area contributed by atoms with Gasteiger partial charge in [-0.2, -0.15) is 0 Å². The highest BCUT2D eigenvalue weighted by molar-refractivity contribution is 8.23. The van der Waals surface area contributed by atoms with Gasteiger partial charge < -0.3 is 14.2 Å². The first-order valence-corrected chi connectivity index (χ1v) is 10.5. The van der Waals surface area contributed by atoms with E-state index in [1.165, 1.54) is 32.8 Å². The van der Waals surface area contributed by atoms with Gasteiger partial charge in [-0.1, -0.05) is 44.4 Å². The minimum Gasteiger partial charge on any atom is -0.479 e. The average molecular weight is 377 g/mol. The topological polar surface area (TPSA) is 44.8 Å². The van der Waals surface area contributed by atoms with Crippen LogP contribution >= 0.6 is 24.0 Å². The predicted octanol–water partition coefficient (Wildman–Crippen LogP) is 4.88. The van der Waals surface area contributed by atoms with Crippen LogP contribution in [0.15, 0.2) is 0 Å². The van der Waals surface area contributed by atoms with Crippen LogP contribution in [0.5, 0.6) is 0 Å². The Labute approximate surface area is 156 Å². The van der Waals surface area contributed by atoms with Gasteiger partial charge in [-0.05, 0) is 51.2 Å². The molecule has 140 valence electrons. The molecule has 0 aromatic carbocycles. The average Bonchev–Trinajstić information content (AvgIpc) is 2.54. The summed E-state index contributed by atoms with van der Waals surface area (Å²) in [6.07, 6.45) is 9.36. The molecular formula is C18H32O4S2. The van der Waals surface area contributed by atoms with Crippen LogP contribution < -0.4 is 0 Å². The van der Waals surface area contributed by atoms with Crippen molar-refractivity contribution in [2.75, 3.05) is 13.7 Å². The van der Waals surface area contributed by atoms with Crippen LogP contribution in [-0.4, -0.2) is 41.5 Å². The molecule has 0 radical (unpaired) electrons. The molecule has 0 spiro atoms. The van der Waals surface area contributed by atoms with E-state index in [4.69, 9.17) is 26.4 Å². The zero-order chi connectivity index (χ0) is 17.8. The zero-order valence-corrected chi connectivity index (χ0v) is 16.9. The van der Waals surface area contributed by atoms with E-state index >= 15 is 0 Å². The van der Waals surface area contributed by atoms with Gasteiger partial charge in [-0.3, -0.25) is 0 Å². The smallest absolute Gasteiger partial charge is 0.335 e. The molecule has 0 amide bonds. The quantitative estimate of drug-likeness (QED) is 0.342. The van der Waals surface area contributed by atoms with E-state index in [1.807, 2.05) is 6.92 Å². The number of hydrogen-bond acceptors (Lipinski definition) is 6. The van der Waals surface area contributed by atoms with Crippen LogP contribution in [0.3, 0.4) is 0 Å². The largest absolute Gasteiger partial charge is 0.479 e. The van der Waals surface area contributed by atoms with Gasteiger partial charge in [0.25, 0.3) is 0 Å². The summed E-state index contributed by atoms with van der Waals surface area (Å²) in [6.45, 7) is 4.72. The first-order valence-electron chi connectivity index (χ1n) is 9.17. The third kappa shape index (κ3) is 8.67. The summed E-state index contributed by atoms with van der Waals surface area (Å²) in [4.78, 5) is 12.1. The second kappa shape index (κ2) is 13.0. The molecule has 0 aliphatic carbocycles. The fourth-order valence-electron chi connectivity index (χ4n) is 2.98. The highest BCUT2D eigenvalue weighted by atomic mass is 32.2. The lowest BCUT2D eigenvalue weighted by Crippen LogP contribution is -2.35. The maximum atomic E-state index is 12.1. The van der Waals surface area contributed by atoms with Crippen molar-refractivity contribution in [1.29, 1.82) is 0 Å². The van der Waals surface area contributed by atoms with Gasteiger partial charge in [0.2, 0.25) is 4.38 Å². The normalized spacial score (nSPS) is 24.7. The number of carbonyl (C=O) groups excluding carboxylic acids is 1. The van der Waals surface area contributed by atoms with Crippen LogP contribution in [0.4, 0.5) is 0 Å². The molecule has 24 heavy (non-hydrogen) atoms. The number of hydrogen-bond donors (Lipinski definition) is 0. The SMILES string of the molecule is CCCCCC[C@H]1CCCC(SC(=S)OCC)C[C@@H](C(=O)OC)O1. The molecule has 1 aliphatic rings. The Morgan fingerprint density at radius 3 is 2.71 bits per heavy atom. The molecule has 3 atom stereocenters. The first kappa shape index (κ1) is 21.7. The Morgan fingerprint density at radius 1 is 1.25 bits per heavy atom. The van der Waals surface area contributed by atoms with Crippen molar-refractivity contribution in [3.8, 4) is 0 Å². The van der Waals surface area contributed by atoms with E-state index in [-0.39, 0.29) is 17.3 Å². The van der Waals surface area contributed by atoms with Gasteiger partial charge in [-0.25, -0.2) is 4.79 Å². The predicted molar refractivity (Wildman–Crippen MR) is 104 cm³/mol. The highest BCUT2D eigenvalue weighted by Gasteiger charge is 2.30. The molecule has 0 aromatic heterocycles. The van der Waals surface area contributed by atoms with Gasteiger partial charge in [-0.15, -0.1) is 0 Å². The summed E-state index contributed by atoms with van der Waals surface area (Å²) < 4.78 is 17.0. The van der Waals surface area contributed by atoms with E-state index in [9.17, 15) is 4.79 Å². The Kier molecular flexibility index (Phi) is 11.7. The van der Waals surface area contributed by atoms with Gasteiger partial charge in [0, 0.05) is 5.25 Å². The fraction of sp³-hybridized carbons (Fsp3) is 0.889. The number of thiocarbonyl (C=S) groups is 1. The zero-order valence-electron chi connectivity index (χ0n) is 15.3. The molecule has 0 N–H and O–H groups in total. The lowest BCUT2D eigenvalue weighted by atomic mass is 9.99. The molecule has 1 rings (SSSR count). The van der Waals surface area contributed by atoms with E-state index in [1.54, 1.807) is 11.8 Å². The Hall–Kier alpha value is -0.330. The first-order chi connectivity index (χ1) is 11.6. The second-order valence-corrected chi connectivity index (χ2v) is 8.11. The molecule has 1 heterocycles. The molecule has 0 bridgehead atoms. The molecule has 1 fully saturated rings. The summed E-state index contributed by atoms with van der Waals surface area (Å²) >= 11 is 6.78. The Bertz CT molecular complexity index is 376. The molecule has 1 saturated heterocycles. The number of rotatable bonds is 8. The summed E-state index contributed by atoms with van der Waals surface area (Å²) in [7, 11) is 1.42. The summed E-state index contributed by atoms with van der Waals surface area (Å²) in [6, 6.07) is 0. The van der Waals surface area contributed by atoms with E-state index in [0.29, 0.717) is 17.4 Å².